The molecule has 0 spiro atoms. The van der Waals surface area contributed by atoms with Crippen LogP contribution in [0.5, 0.6) is 5.75 Å². The van der Waals surface area contributed by atoms with E-state index in [1.54, 1.807) is 38.1 Å². The van der Waals surface area contributed by atoms with Gasteiger partial charge in [-0.2, -0.15) is 5.10 Å². The number of nitrogens with zero attached hydrogens (tertiary/aromatic N) is 1. The number of hydrazone groups is 1. The van der Waals surface area contributed by atoms with Crippen molar-refractivity contribution in [2.45, 2.75) is 27.7 Å². The van der Waals surface area contributed by atoms with Gasteiger partial charge in [-0.3, -0.25) is 10.1 Å². The molecule has 0 saturated carbocycles. The van der Waals surface area contributed by atoms with Crippen molar-refractivity contribution in [1.29, 1.82) is 0 Å². The van der Waals surface area contributed by atoms with E-state index in [0.717, 1.165) is 22.6 Å². The molecular weight excluding hydrogens is 394 g/mol. The first-order chi connectivity index (χ1) is 13.9. The van der Waals surface area contributed by atoms with Crippen molar-refractivity contribution in [3.63, 3.8) is 0 Å². The van der Waals surface area contributed by atoms with Gasteiger partial charge in [0.2, 0.25) is 0 Å². The Labute approximate surface area is 172 Å². The van der Waals surface area contributed by atoms with Crippen LogP contribution in [0.1, 0.15) is 51.9 Å². The van der Waals surface area contributed by atoms with Crippen LogP contribution in [-0.2, 0) is 4.74 Å². The Balaban J connectivity index is 2.08. The summed E-state index contributed by atoms with van der Waals surface area (Å²) in [6.07, 6.45) is 1.47. The van der Waals surface area contributed by atoms with Crippen LogP contribution in [0.2, 0.25) is 0 Å². The molecule has 0 aliphatic heterocycles. The highest BCUT2D eigenvalue weighted by molar-refractivity contribution is 7.18. The van der Waals surface area contributed by atoms with Gasteiger partial charge in [0.05, 0.1) is 29.9 Å². The minimum Gasteiger partial charge on any atom is -0.494 e. The maximum Gasteiger partial charge on any atom is 0.341 e. The Kier molecular flexibility index (Phi) is 7.90. The Morgan fingerprint density at radius 1 is 1.14 bits per heavy atom. The molecule has 0 atom stereocenters. The van der Waals surface area contributed by atoms with E-state index in [1.165, 1.54) is 13.1 Å². The normalized spacial score (nSPS) is 10.6. The fourth-order valence-corrected chi connectivity index (χ4v) is 3.58. The molecule has 29 heavy (non-hydrogen) atoms. The van der Waals surface area contributed by atoms with Crippen LogP contribution in [-0.4, -0.2) is 37.2 Å². The maximum atomic E-state index is 12.2. The van der Waals surface area contributed by atoms with Gasteiger partial charge in [0.15, 0.2) is 5.78 Å². The molecule has 2 N–H and O–H groups in total. The minimum atomic E-state index is -0.644. The van der Waals surface area contributed by atoms with Gasteiger partial charge in [-0.15, -0.1) is 11.3 Å². The van der Waals surface area contributed by atoms with Gasteiger partial charge in [-0.25, -0.2) is 15.0 Å². The molecule has 8 nitrogen and oxygen atoms in total. The molecule has 1 aromatic carbocycles. The van der Waals surface area contributed by atoms with E-state index in [1.807, 2.05) is 6.92 Å². The molecular formula is C20H23N3O5S. The molecule has 0 radical (unpaired) electrons. The second-order valence-corrected chi connectivity index (χ2v) is 6.88. The minimum absolute atomic E-state index is 0.174. The summed E-state index contributed by atoms with van der Waals surface area (Å²) in [6, 6.07) is 6.56. The number of esters is 1. The summed E-state index contributed by atoms with van der Waals surface area (Å²) < 4.78 is 10.4. The molecule has 0 aliphatic carbocycles. The van der Waals surface area contributed by atoms with E-state index in [2.05, 4.69) is 15.8 Å². The number of hydrogen-bond acceptors (Lipinski definition) is 7. The predicted octanol–water partition coefficient (Wildman–Crippen LogP) is 3.99. The topological polar surface area (TPSA) is 106 Å². The predicted molar refractivity (Wildman–Crippen MR) is 112 cm³/mol. The van der Waals surface area contributed by atoms with Crippen LogP contribution < -0.4 is 15.5 Å². The first-order valence-electron chi connectivity index (χ1n) is 9.01. The maximum absolute atomic E-state index is 12.2. The first-order valence-corrected chi connectivity index (χ1v) is 9.83. The number of carbonyl (C=O) groups excluding carboxylic acids is 3. The SMILES string of the molecule is CCOC(=O)c1c(NC(=O)N/N=C/c2ccc(OCC)cc2)sc(C(C)=O)c1C. The summed E-state index contributed by atoms with van der Waals surface area (Å²) in [5, 5.41) is 6.68. The molecule has 0 saturated heterocycles. The third-order valence-corrected chi connectivity index (χ3v) is 5.05. The number of nitrogens with one attached hydrogen (secondary N) is 2. The number of thiophene rings is 1. The molecule has 2 amide bonds. The highest BCUT2D eigenvalue weighted by Gasteiger charge is 2.25. The lowest BCUT2D eigenvalue weighted by Gasteiger charge is -2.06. The second-order valence-electron chi connectivity index (χ2n) is 5.86. The van der Waals surface area contributed by atoms with Gasteiger partial charge < -0.3 is 9.47 Å². The Morgan fingerprint density at radius 3 is 2.41 bits per heavy atom. The average molecular weight is 417 g/mol. The van der Waals surface area contributed by atoms with Crippen molar-refractivity contribution >= 4 is 40.3 Å². The largest absolute Gasteiger partial charge is 0.494 e. The summed E-state index contributed by atoms with van der Waals surface area (Å²) in [5.41, 5.74) is 3.76. The van der Waals surface area contributed by atoms with E-state index in [4.69, 9.17) is 9.47 Å². The summed E-state index contributed by atoms with van der Waals surface area (Å²) in [6.45, 7) is 7.39. The zero-order valence-electron chi connectivity index (χ0n) is 16.7. The lowest BCUT2D eigenvalue weighted by molar-refractivity contribution is 0.0527. The summed E-state index contributed by atoms with van der Waals surface area (Å²) in [5.74, 6) is -0.0434. The number of rotatable bonds is 8. The van der Waals surface area contributed by atoms with Crippen LogP contribution in [0.3, 0.4) is 0 Å². The molecule has 0 fully saturated rings. The fraction of sp³-hybridized carbons (Fsp3) is 0.300. The lowest BCUT2D eigenvalue weighted by atomic mass is 10.1. The molecule has 0 bridgehead atoms. The number of ketones is 1. The lowest BCUT2D eigenvalue weighted by Crippen LogP contribution is -2.24. The average Bonchev–Trinajstić information content (AvgIpc) is 3.00. The van der Waals surface area contributed by atoms with E-state index >= 15 is 0 Å². The monoisotopic (exact) mass is 417 g/mol. The number of hydrogen-bond donors (Lipinski definition) is 2. The smallest absolute Gasteiger partial charge is 0.341 e. The fourth-order valence-electron chi connectivity index (χ4n) is 2.50. The Hall–Kier alpha value is -3.20. The van der Waals surface area contributed by atoms with Crippen LogP contribution in [0.4, 0.5) is 9.80 Å². The van der Waals surface area contributed by atoms with Gasteiger partial charge >= 0.3 is 12.0 Å². The van der Waals surface area contributed by atoms with Crippen molar-refractivity contribution in [1.82, 2.24) is 5.43 Å². The van der Waals surface area contributed by atoms with Gasteiger partial charge in [0.25, 0.3) is 0 Å². The number of Topliss-reactive ketones (excluding diaryl/α,β-unsaturated/α-hetero) is 1. The molecule has 2 aromatic rings. The molecule has 1 heterocycles. The van der Waals surface area contributed by atoms with Crippen LogP contribution in [0.25, 0.3) is 0 Å². The van der Waals surface area contributed by atoms with Crippen LogP contribution in [0, 0.1) is 6.92 Å². The highest BCUT2D eigenvalue weighted by Crippen LogP contribution is 2.34. The van der Waals surface area contributed by atoms with Crippen LogP contribution in [0.15, 0.2) is 29.4 Å². The number of urea groups is 1. The summed E-state index contributed by atoms with van der Waals surface area (Å²) in [7, 11) is 0. The summed E-state index contributed by atoms with van der Waals surface area (Å²) >= 11 is 1.02. The van der Waals surface area contributed by atoms with Gasteiger partial charge in [-0.05, 0) is 63.1 Å². The zero-order valence-corrected chi connectivity index (χ0v) is 17.5. The quantitative estimate of drug-likeness (QED) is 0.292. The van der Waals surface area contributed by atoms with Crippen molar-refractivity contribution in [3.05, 3.63) is 45.8 Å². The molecule has 1 aromatic heterocycles. The number of amides is 2. The number of anilines is 1. The van der Waals surface area contributed by atoms with E-state index in [9.17, 15) is 14.4 Å². The Morgan fingerprint density at radius 2 is 1.83 bits per heavy atom. The van der Waals surface area contributed by atoms with Gasteiger partial charge in [0.1, 0.15) is 10.8 Å². The molecule has 0 unspecified atom stereocenters. The third kappa shape index (κ3) is 5.89. The van der Waals surface area contributed by atoms with Crippen LogP contribution >= 0.6 is 11.3 Å². The first kappa shape index (κ1) is 22.1. The highest BCUT2D eigenvalue weighted by atomic mass is 32.1. The third-order valence-electron chi connectivity index (χ3n) is 3.74. The van der Waals surface area contributed by atoms with E-state index in [-0.39, 0.29) is 23.0 Å². The molecule has 154 valence electrons. The number of ether oxygens (including phenoxy) is 2. The van der Waals surface area contributed by atoms with Gasteiger partial charge in [0, 0.05) is 0 Å². The second kappa shape index (κ2) is 10.4. The number of carbonyl (C=O) groups is 3. The van der Waals surface area contributed by atoms with Crippen molar-refractivity contribution < 1.29 is 23.9 Å². The molecule has 2 rings (SSSR count). The standard InChI is InChI=1S/C20H23N3O5S/c1-5-27-15-9-7-14(8-10-15)11-21-23-20(26)22-18-16(19(25)28-6-2)12(3)17(29-18)13(4)24/h7-11H,5-6H2,1-4H3,(H2,22,23,26)/b21-11+. The zero-order chi connectivity index (χ0) is 21.4. The van der Waals surface area contributed by atoms with E-state index in [0.29, 0.717) is 17.0 Å². The van der Waals surface area contributed by atoms with Crippen molar-refractivity contribution in [2.75, 3.05) is 18.5 Å². The molecule has 0 aliphatic rings. The molecule has 9 heteroatoms. The number of benzene rings is 1. The van der Waals surface area contributed by atoms with Crippen molar-refractivity contribution in [3.8, 4) is 5.75 Å². The summed E-state index contributed by atoms with van der Waals surface area (Å²) in [4.78, 5) is 36.6. The van der Waals surface area contributed by atoms with Crippen molar-refractivity contribution in [2.24, 2.45) is 5.10 Å². The Bertz CT molecular complexity index is 919. The van der Waals surface area contributed by atoms with E-state index < -0.39 is 12.0 Å². The van der Waals surface area contributed by atoms with Gasteiger partial charge in [-0.1, -0.05) is 0 Å².